The Bertz CT molecular complexity index is 2330. The zero-order chi connectivity index (χ0) is 44.1. The van der Waals surface area contributed by atoms with Gasteiger partial charge in [-0.3, -0.25) is 14.6 Å². The smallest absolute Gasteiger partial charge is 0.379 e. The Morgan fingerprint density at radius 2 is 1.60 bits per heavy atom. The van der Waals surface area contributed by atoms with Crippen molar-refractivity contribution in [3.05, 3.63) is 119 Å². The molecular weight excluding hydrogens is 848 g/mol. The maximum Gasteiger partial charge on any atom is 0.521 e. The lowest BCUT2D eigenvalue weighted by atomic mass is 9.72. The summed E-state index contributed by atoms with van der Waals surface area (Å²) in [5, 5.41) is 0. The van der Waals surface area contributed by atoms with Crippen molar-refractivity contribution in [3.63, 3.8) is 0 Å². The molecule has 1 aliphatic carbocycles. The van der Waals surface area contributed by atoms with Crippen LogP contribution in [0.2, 0.25) is 0 Å². The third-order valence-corrected chi connectivity index (χ3v) is 16.4. The number of allylic oxidation sites excluding steroid dienone is 1. The fourth-order valence-electron chi connectivity index (χ4n) is 8.83. The SMILES string of the molecule is Cc1ccc(C2=C(CN3CCN(c4ccc(C(N)=O)cc4)CC3)CC(C)(C)CC2)cc1.O=S1(C(F)(F)F)=[N+](C(CCN2CCOCC2)CSc2ccccc2)c2ccc(S)cc21. The number of benzene rings is 4. The topological polar surface area (TPSA) is 82.1 Å². The number of thiol groups is 1. The number of thioether (sulfide) groups is 1. The first-order chi connectivity index (χ1) is 29.6. The maximum atomic E-state index is 14.1. The monoisotopic (exact) mass is 906 g/mol. The molecule has 0 saturated carbocycles. The summed E-state index contributed by atoms with van der Waals surface area (Å²) >= 11 is 5.64. The van der Waals surface area contributed by atoms with Crippen molar-refractivity contribution in [2.45, 2.75) is 72.7 Å². The van der Waals surface area contributed by atoms with Crippen LogP contribution in [-0.2, 0) is 14.5 Å². The molecule has 4 aliphatic rings. The first-order valence-corrected chi connectivity index (χ1v) is 24.4. The molecule has 2 unspecified atom stereocenters. The van der Waals surface area contributed by atoms with Gasteiger partial charge in [0.25, 0.3) is 9.73 Å². The van der Waals surface area contributed by atoms with Crippen LogP contribution in [0.1, 0.15) is 61.0 Å². The zero-order valence-electron chi connectivity index (χ0n) is 35.9. The summed E-state index contributed by atoms with van der Waals surface area (Å²) < 4.78 is 62.2. The van der Waals surface area contributed by atoms with E-state index in [9.17, 15) is 22.2 Å². The first kappa shape index (κ1) is 46.2. The van der Waals surface area contributed by atoms with E-state index in [-0.39, 0.29) is 10.8 Å². The molecule has 3 heterocycles. The van der Waals surface area contributed by atoms with Crippen LogP contribution in [0.5, 0.6) is 0 Å². The predicted octanol–water partition coefficient (Wildman–Crippen LogP) is 9.74. The fraction of sp³-hybridized carbons (Fsp3) is 0.438. The average Bonchev–Trinajstić information content (AvgIpc) is 3.26. The molecule has 3 aliphatic heterocycles. The van der Waals surface area contributed by atoms with Crippen molar-refractivity contribution in [2.75, 3.05) is 76.2 Å². The number of amides is 1. The largest absolute Gasteiger partial charge is 0.521 e. The van der Waals surface area contributed by atoms with Gasteiger partial charge in [0, 0.05) is 85.9 Å². The average molecular weight is 907 g/mol. The highest BCUT2D eigenvalue weighted by Gasteiger charge is 2.62. The molecule has 0 radical (unpaired) electrons. The molecule has 4 aromatic carbocycles. The number of fused-ring (bicyclic) bond motifs is 1. The number of anilines is 1. The minimum Gasteiger partial charge on any atom is -0.379 e. The molecular formula is C48H59F3N5O3S3+. The Morgan fingerprint density at radius 3 is 2.24 bits per heavy atom. The number of carbonyl (C=O) groups is 1. The Balaban J connectivity index is 0.000000186. The predicted molar refractivity (Wildman–Crippen MR) is 248 cm³/mol. The van der Waals surface area contributed by atoms with Crippen molar-refractivity contribution < 1.29 is 30.9 Å². The van der Waals surface area contributed by atoms with Crippen molar-refractivity contribution in [1.29, 1.82) is 0 Å². The number of nitrogens with two attached hydrogens (primary N) is 1. The minimum absolute atomic E-state index is 0.159. The van der Waals surface area contributed by atoms with Crippen LogP contribution >= 0.6 is 24.4 Å². The van der Waals surface area contributed by atoms with Gasteiger partial charge in [-0.25, -0.2) is 0 Å². The number of nitrogens with zero attached hydrogens (tertiary/aromatic N) is 4. The van der Waals surface area contributed by atoms with Crippen LogP contribution in [0.4, 0.5) is 24.5 Å². The molecule has 4 aromatic rings. The van der Waals surface area contributed by atoms with E-state index >= 15 is 0 Å². The van der Waals surface area contributed by atoms with E-state index in [1.165, 1.54) is 53.9 Å². The third-order valence-electron chi connectivity index (χ3n) is 12.3. The molecule has 0 bridgehead atoms. The van der Waals surface area contributed by atoms with E-state index in [1.54, 1.807) is 23.3 Å². The number of halogens is 3. The highest BCUT2D eigenvalue weighted by atomic mass is 32.2. The van der Waals surface area contributed by atoms with Crippen molar-refractivity contribution in [2.24, 2.45) is 11.1 Å². The first-order valence-electron chi connectivity index (χ1n) is 21.5. The van der Waals surface area contributed by atoms with E-state index in [1.807, 2.05) is 54.6 Å². The summed E-state index contributed by atoms with van der Waals surface area (Å²) in [6.45, 7) is 15.6. The summed E-state index contributed by atoms with van der Waals surface area (Å²) in [5.41, 5.74) is 8.95. The van der Waals surface area contributed by atoms with Gasteiger partial charge in [-0.2, -0.15) is 17.4 Å². The summed E-state index contributed by atoms with van der Waals surface area (Å²) in [7, 11) is -4.36. The van der Waals surface area contributed by atoms with Crippen LogP contribution in [0.25, 0.3) is 5.57 Å². The molecule has 1 amide bonds. The minimum atomic E-state index is -4.85. The molecule has 0 spiro atoms. The van der Waals surface area contributed by atoms with Crippen molar-refractivity contribution in [3.8, 4) is 0 Å². The second-order valence-corrected chi connectivity index (χ2v) is 21.4. The Kier molecular flexibility index (Phi) is 14.9. The molecule has 2 atom stereocenters. The van der Waals surface area contributed by atoms with Gasteiger partial charge in [-0.15, -0.1) is 28.3 Å². The molecule has 332 valence electrons. The molecule has 8 rings (SSSR count). The quantitative estimate of drug-likeness (QED) is 0.0833. The second-order valence-electron chi connectivity index (χ2n) is 17.4. The number of rotatable bonds is 12. The number of hydrogen-bond donors (Lipinski definition) is 2. The number of carbonyl (C=O) groups excluding carboxylic acids is 1. The lowest BCUT2D eigenvalue weighted by molar-refractivity contribution is -0.476. The molecule has 8 nitrogen and oxygen atoms in total. The molecule has 2 fully saturated rings. The third kappa shape index (κ3) is 10.9. The highest BCUT2D eigenvalue weighted by molar-refractivity contribution is 7.99. The normalized spacial score (nSPS) is 21.1. The van der Waals surface area contributed by atoms with E-state index in [0.29, 0.717) is 53.5 Å². The van der Waals surface area contributed by atoms with E-state index < -0.39 is 21.3 Å². The van der Waals surface area contributed by atoms with Gasteiger partial charge in [0.1, 0.15) is 0 Å². The summed E-state index contributed by atoms with van der Waals surface area (Å²) in [4.78, 5) is 19.7. The van der Waals surface area contributed by atoms with Crippen molar-refractivity contribution >= 4 is 57.0 Å². The standard InChI is InChI=1S/C27H35N3O.C21H23F3N2O2S3/c1-20-4-6-21(7-5-20)25-12-13-27(2,3)18-23(25)19-29-14-16-30(17-15-29)24-10-8-22(9-11-24)26(28)31;22-21(23,24)31(27)20-14-17(29)6-7-19(20)26(31)16(8-9-25-10-12-28-13-11-25)15-30-18-4-2-1-3-5-18/h4-11H,12-19H2,1-3H3,(H2,28,31);1-7,14,16H,8-13,15H2/p+1. The Hall–Kier alpha value is -3.79. The van der Waals surface area contributed by atoms with Crippen LogP contribution < -0.4 is 10.6 Å². The number of hydrogen-bond acceptors (Lipinski definition) is 8. The zero-order valence-corrected chi connectivity index (χ0v) is 38.4. The molecule has 2 N–H and O–H groups in total. The van der Waals surface area contributed by atoms with Crippen LogP contribution in [0.3, 0.4) is 0 Å². The highest BCUT2D eigenvalue weighted by Crippen LogP contribution is 2.48. The molecule has 14 heteroatoms. The fourth-order valence-corrected chi connectivity index (χ4v) is 12.6. The van der Waals surface area contributed by atoms with Crippen LogP contribution in [-0.4, -0.2) is 107 Å². The number of piperazine rings is 1. The maximum absolute atomic E-state index is 14.1. The lowest BCUT2D eigenvalue weighted by Gasteiger charge is -2.39. The van der Waals surface area contributed by atoms with E-state index in [0.717, 1.165) is 54.7 Å². The van der Waals surface area contributed by atoms with Gasteiger partial charge in [0.05, 0.1) is 19.0 Å². The summed E-state index contributed by atoms with van der Waals surface area (Å²) in [6, 6.07) is 30.3. The number of ether oxygens (including phenoxy) is 1. The Morgan fingerprint density at radius 1 is 0.919 bits per heavy atom. The van der Waals surface area contributed by atoms with Gasteiger partial charge >= 0.3 is 5.51 Å². The van der Waals surface area contributed by atoms with E-state index in [2.05, 4.69) is 72.4 Å². The molecule has 2 saturated heterocycles. The summed E-state index contributed by atoms with van der Waals surface area (Å²) in [6.07, 6.45) is 4.10. The van der Waals surface area contributed by atoms with Crippen LogP contribution in [0, 0.1) is 12.3 Å². The van der Waals surface area contributed by atoms with Crippen LogP contribution in [0.15, 0.2) is 117 Å². The number of morpholine rings is 1. The van der Waals surface area contributed by atoms with Gasteiger partial charge in [-0.05, 0) is 91.3 Å². The van der Waals surface area contributed by atoms with Gasteiger partial charge < -0.3 is 15.4 Å². The second kappa shape index (κ2) is 19.9. The van der Waals surface area contributed by atoms with Gasteiger partial charge in [-0.1, -0.05) is 67.4 Å². The van der Waals surface area contributed by atoms with E-state index in [4.69, 9.17) is 10.5 Å². The Labute approximate surface area is 375 Å². The molecule has 0 aromatic heterocycles. The number of primary amides is 1. The van der Waals surface area contributed by atoms with Gasteiger partial charge in [0.2, 0.25) is 11.6 Å². The number of aryl methyl sites for hydroxylation is 1. The lowest BCUT2D eigenvalue weighted by Crippen LogP contribution is -2.47. The molecule has 62 heavy (non-hydrogen) atoms. The van der Waals surface area contributed by atoms with Gasteiger partial charge in [0.15, 0.2) is 10.9 Å². The number of alkyl halides is 3. The van der Waals surface area contributed by atoms with Crippen molar-refractivity contribution in [1.82, 2.24) is 9.80 Å². The summed E-state index contributed by atoms with van der Waals surface area (Å²) in [5.74, 6) is 0.0353.